The second-order valence-corrected chi connectivity index (χ2v) is 9.12. The van der Waals surface area contributed by atoms with Crippen LogP contribution < -0.4 is 4.90 Å². The van der Waals surface area contributed by atoms with Gasteiger partial charge in [-0.05, 0) is 17.7 Å². The number of anilines is 1. The molecule has 3 amide bonds. The molecule has 39 heavy (non-hydrogen) atoms. The van der Waals surface area contributed by atoms with Gasteiger partial charge in [-0.1, -0.05) is 0 Å². The van der Waals surface area contributed by atoms with Crippen molar-refractivity contribution >= 4 is 24.1 Å². The smallest absolute Gasteiger partial charge is 0.337 e. The number of nitrogens with zero attached hydrogens (tertiary/aromatic N) is 7. The maximum Gasteiger partial charge on any atom is 0.522 e. The number of halogens is 6. The monoisotopic (exact) mass is 557 g/mol. The van der Waals surface area contributed by atoms with Gasteiger partial charge in [-0.2, -0.15) is 5.10 Å². The Hall–Kier alpha value is -3.95. The van der Waals surface area contributed by atoms with Crippen molar-refractivity contribution in [2.24, 2.45) is 5.10 Å². The fourth-order valence-electron chi connectivity index (χ4n) is 4.56. The van der Waals surface area contributed by atoms with Crippen LogP contribution >= 0.6 is 0 Å². The van der Waals surface area contributed by atoms with E-state index < -0.39 is 53.6 Å². The van der Waals surface area contributed by atoms with Crippen molar-refractivity contribution in [3.8, 4) is 0 Å². The number of carbonyl (C=O) groups excluding carboxylic acids is 2. The number of benzene rings is 1. The van der Waals surface area contributed by atoms with Crippen LogP contribution in [-0.4, -0.2) is 94.7 Å². The quantitative estimate of drug-likeness (QED) is 0.537. The maximum absolute atomic E-state index is 14.3. The Balaban J connectivity index is 1.20. The van der Waals surface area contributed by atoms with Gasteiger partial charge < -0.3 is 14.7 Å². The highest BCUT2D eigenvalue weighted by atomic mass is 19.4. The zero-order valence-electron chi connectivity index (χ0n) is 20.1. The molecule has 2 aromatic rings. The summed E-state index contributed by atoms with van der Waals surface area (Å²) in [6.07, 6.45) is -3.49. The van der Waals surface area contributed by atoms with Crippen LogP contribution in [-0.2, 0) is 4.74 Å². The van der Waals surface area contributed by atoms with Gasteiger partial charge in [0, 0.05) is 58.0 Å². The molecule has 208 valence electrons. The molecule has 0 bridgehead atoms. The average molecular weight is 557 g/mol. The lowest BCUT2D eigenvalue weighted by atomic mass is 10.0. The number of amides is 3. The van der Waals surface area contributed by atoms with Crippen LogP contribution in [0.2, 0.25) is 0 Å². The summed E-state index contributed by atoms with van der Waals surface area (Å²) in [5.41, 5.74) is -0.312. The Morgan fingerprint density at radius 3 is 2.26 bits per heavy atom. The molecule has 3 aliphatic heterocycles. The fourth-order valence-corrected chi connectivity index (χ4v) is 4.56. The number of ether oxygens (including phenoxy) is 1. The summed E-state index contributed by atoms with van der Waals surface area (Å²) >= 11 is 0. The summed E-state index contributed by atoms with van der Waals surface area (Å²) < 4.78 is 82.5. The number of piperazine rings is 1. The summed E-state index contributed by atoms with van der Waals surface area (Å²) in [4.78, 5) is 37.7. The number of urea groups is 1. The molecule has 0 spiro atoms. The van der Waals surface area contributed by atoms with Crippen molar-refractivity contribution in [2.75, 3.05) is 44.2 Å². The number of hydrazone groups is 1. The van der Waals surface area contributed by atoms with Gasteiger partial charge in [-0.3, -0.25) is 9.53 Å². The number of carbonyl (C=O) groups is 2. The number of likely N-dealkylation sites (tertiary alicyclic amines) is 1. The van der Waals surface area contributed by atoms with Crippen LogP contribution in [0.15, 0.2) is 29.5 Å². The van der Waals surface area contributed by atoms with E-state index in [-0.39, 0.29) is 57.2 Å². The summed E-state index contributed by atoms with van der Waals surface area (Å²) in [5.74, 6) is -3.43. The molecule has 4 heterocycles. The molecular weight excluding hydrogens is 536 g/mol. The first-order valence-corrected chi connectivity index (χ1v) is 11.9. The molecule has 16 heteroatoms. The van der Waals surface area contributed by atoms with E-state index in [1.54, 1.807) is 4.90 Å². The molecule has 1 atom stereocenters. The summed E-state index contributed by atoms with van der Waals surface area (Å²) in [7, 11) is 0. The number of alkyl halides is 3. The Kier molecular flexibility index (Phi) is 7.05. The van der Waals surface area contributed by atoms with E-state index >= 15 is 0 Å². The lowest BCUT2D eigenvalue weighted by Gasteiger charge is -2.39. The Morgan fingerprint density at radius 1 is 0.949 bits per heavy atom. The minimum absolute atomic E-state index is 0.0165. The first kappa shape index (κ1) is 26.6. The standard InChI is InChI=1S/C23H21F6N7O3/c24-14-7-13(8-15(25)9-14)18-1-2-31-36(18)22(38)34-5-3-33(4-6-34)21-30-10-17(26)19(32-21)20(37)35-11-16(12-35)39-23(27,28)29/h2,7-10,16,18H,1,3-6,11-12H2/t18-/m0/s1. The number of hydrogen-bond donors (Lipinski definition) is 0. The molecule has 2 fully saturated rings. The molecule has 1 aromatic carbocycles. The van der Waals surface area contributed by atoms with E-state index in [2.05, 4.69) is 19.8 Å². The van der Waals surface area contributed by atoms with Crippen LogP contribution in [0.4, 0.5) is 37.1 Å². The fraction of sp³-hybridized carbons (Fsp3) is 0.435. The summed E-state index contributed by atoms with van der Waals surface area (Å²) in [6, 6.07) is 1.90. The van der Waals surface area contributed by atoms with Gasteiger partial charge in [0.1, 0.15) is 17.7 Å². The minimum Gasteiger partial charge on any atom is -0.337 e. The Labute approximate surface area is 217 Å². The zero-order chi connectivity index (χ0) is 27.9. The molecule has 0 saturated carbocycles. The van der Waals surface area contributed by atoms with E-state index in [0.29, 0.717) is 0 Å². The highest BCUT2D eigenvalue weighted by Gasteiger charge is 2.42. The van der Waals surface area contributed by atoms with Gasteiger partial charge in [-0.25, -0.2) is 32.9 Å². The van der Waals surface area contributed by atoms with Crippen molar-refractivity contribution < 1.29 is 40.7 Å². The maximum atomic E-state index is 14.3. The second-order valence-electron chi connectivity index (χ2n) is 9.12. The molecule has 0 unspecified atom stereocenters. The summed E-state index contributed by atoms with van der Waals surface area (Å²) in [5, 5.41) is 5.24. The lowest BCUT2D eigenvalue weighted by Crippen LogP contribution is -2.56. The van der Waals surface area contributed by atoms with E-state index in [9.17, 15) is 35.9 Å². The number of hydrogen-bond acceptors (Lipinski definition) is 7. The molecule has 2 saturated heterocycles. The van der Waals surface area contributed by atoms with Crippen LogP contribution in [0.1, 0.15) is 28.5 Å². The molecule has 3 aliphatic rings. The normalized spacial score (nSPS) is 20.0. The van der Waals surface area contributed by atoms with Crippen LogP contribution in [0.25, 0.3) is 0 Å². The predicted octanol–water partition coefficient (Wildman–Crippen LogP) is 2.93. The van der Waals surface area contributed by atoms with Crippen LogP contribution in [0, 0.1) is 17.5 Å². The molecule has 10 nitrogen and oxygen atoms in total. The largest absolute Gasteiger partial charge is 0.522 e. The SMILES string of the molecule is O=C(c1nc(N2CCN(C(=O)N3N=CC[C@H]3c3cc(F)cc(F)c3)CC2)ncc1F)N1CC(OC(F)(F)F)C1. The first-order valence-electron chi connectivity index (χ1n) is 11.9. The van der Waals surface area contributed by atoms with E-state index in [1.165, 1.54) is 11.1 Å². The van der Waals surface area contributed by atoms with Gasteiger partial charge in [0.15, 0.2) is 11.5 Å². The molecule has 0 N–H and O–H groups in total. The predicted molar refractivity (Wildman–Crippen MR) is 122 cm³/mol. The van der Waals surface area contributed by atoms with Crippen molar-refractivity contribution in [3.63, 3.8) is 0 Å². The van der Waals surface area contributed by atoms with Gasteiger partial charge in [0.25, 0.3) is 5.91 Å². The van der Waals surface area contributed by atoms with Crippen molar-refractivity contribution in [1.82, 2.24) is 24.8 Å². The van der Waals surface area contributed by atoms with Crippen LogP contribution in [0.3, 0.4) is 0 Å². The first-order chi connectivity index (χ1) is 18.5. The third-order valence-corrected chi connectivity index (χ3v) is 6.50. The topological polar surface area (TPSA) is 94.5 Å². The molecular formula is C23H21F6N7O3. The minimum atomic E-state index is -4.84. The van der Waals surface area contributed by atoms with Crippen molar-refractivity contribution in [1.29, 1.82) is 0 Å². The molecule has 1 aromatic heterocycles. The average Bonchev–Trinajstić information content (AvgIpc) is 3.35. The van der Waals surface area contributed by atoms with E-state index in [4.69, 9.17) is 0 Å². The third-order valence-electron chi connectivity index (χ3n) is 6.50. The van der Waals surface area contributed by atoms with Gasteiger partial charge in [0.2, 0.25) is 5.95 Å². The molecule has 0 radical (unpaired) electrons. The number of aromatic nitrogens is 2. The number of rotatable bonds is 4. The molecule has 0 aliphatic carbocycles. The van der Waals surface area contributed by atoms with Crippen LogP contribution in [0.5, 0.6) is 0 Å². The van der Waals surface area contributed by atoms with E-state index in [1.807, 2.05) is 0 Å². The highest BCUT2D eigenvalue weighted by molar-refractivity contribution is 5.93. The van der Waals surface area contributed by atoms with Crippen molar-refractivity contribution in [2.45, 2.75) is 24.9 Å². The van der Waals surface area contributed by atoms with Gasteiger partial charge in [-0.15, -0.1) is 13.2 Å². The Morgan fingerprint density at radius 2 is 1.62 bits per heavy atom. The Bertz CT molecular complexity index is 1280. The second kappa shape index (κ2) is 10.3. The zero-order valence-corrected chi connectivity index (χ0v) is 20.1. The van der Waals surface area contributed by atoms with Gasteiger partial charge >= 0.3 is 12.4 Å². The highest BCUT2D eigenvalue weighted by Crippen LogP contribution is 2.31. The van der Waals surface area contributed by atoms with Crippen molar-refractivity contribution in [3.05, 3.63) is 53.1 Å². The van der Waals surface area contributed by atoms with Gasteiger partial charge in [0.05, 0.1) is 12.2 Å². The van der Waals surface area contributed by atoms with E-state index in [0.717, 1.165) is 34.3 Å². The molecule has 5 rings (SSSR count). The third kappa shape index (κ3) is 5.74. The summed E-state index contributed by atoms with van der Waals surface area (Å²) in [6.45, 7) is 0.0731. The lowest BCUT2D eigenvalue weighted by molar-refractivity contribution is -0.352.